The number of carbonyl (C=O) groups is 1. The minimum absolute atomic E-state index is 0.376. The number of hydrogen-bond acceptors (Lipinski definition) is 4. The monoisotopic (exact) mass is 283 g/mol. The average Bonchev–Trinajstić information content (AvgIpc) is 2.77. The fraction of sp³-hybridized carbons (Fsp3) is 0.0667. The molecular formula is C15H13N3OS. The summed E-state index contributed by atoms with van der Waals surface area (Å²) in [6, 6.07) is 11.9. The van der Waals surface area contributed by atoms with Gasteiger partial charge in [0.05, 0.1) is 11.4 Å². The molecule has 0 saturated carbocycles. The number of nitrogen functional groups attached to an aromatic ring is 1. The molecule has 0 fully saturated rings. The lowest BCUT2D eigenvalue weighted by Crippen LogP contribution is -2.10. The average molecular weight is 283 g/mol. The standard InChI is InChI=1S/C15H13N3OS/c1-8-7-10(9-5-3-2-4-6-9)18-15-11(8)12(16)13(20-15)14(17)19/h2-7H,16H2,1H3,(H2,17,19). The minimum Gasteiger partial charge on any atom is -0.397 e. The molecule has 0 aliphatic carbocycles. The lowest BCUT2D eigenvalue weighted by Gasteiger charge is -2.04. The van der Waals surface area contributed by atoms with Crippen molar-refractivity contribution in [2.24, 2.45) is 5.73 Å². The smallest absolute Gasteiger partial charge is 0.260 e. The summed E-state index contributed by atoms with van der Waals surface area (Å²) in [6.45, 7) is 1.96. The van der Waals surface area contributed by atoms with Crippen molar-refractivity contribution < 1.29 is 4.79 Å². The molecule has 0 atom stereocenters. The highest BCUT2D eigenvalue weighted by Gasteiger charge is 2.17. The highest BCUT2D eigenvalue weighted by Crippen LogP contribution is 2.36. The van der Waals surface area contributed by atoms with Crippen LogP contribution in [0.2, 0.25) is 0 Å². The number of thiophene rings is 1. The molecule has 4 nitrogen and oxygen atoms in total. The molecule has 2 aromatic heterocycles. The van der Waals surface area contributed by atoms with Gasteiger partial charge in [0.2, 0.25) is 0 Å². The number of pyridine rings is 1. The van der Waals surface area contributed by atoms with E-state index >= 15 is 0 Å². The Morgan fingerprint density at radius 3 is 2.60 bits per heavy atom. The molecule has 0 unspecified atom stereocenters. The second kappa shape index (κ2) is 4.61. The summed E-state index contributed by atoms with van der Waals surface area (Å²) < 4.78 is 0. The van der Waals surface area contributed by atoms with Crippen LogP contribution in [0.4, 0.5) is 5.69 Å². The third-order valence-electron chi connectivity index (χ3n) is 3.19. The van der Waals surface area contributed by atoms with Crippen molar-refractivity contribution in [3.05, 3.63) is 46.8 Å². The molecule has 4 N–H and O–H groups in total. The van der Waals surface area contributed by atoms with Gasteiger partial charge in [-0.25, -0.2) is 4.98 Å². The van der Waals surface area contributed by atoms with Gasteiger partial charge < -0.3 is 11.5 Å². The Hall–Kier alpha value is -2.40. The number of carbonyl (C=O) groups excluding carboxylic acids is 1. The van der Waals surface area contributed by atoms with Crippen molar-refractivity contribution in [2.75, 3.05) is 5.73 Å². The Balaban J connectivity index is 2.28. The van der Waals surface area contributed by atoms with Gasteiger partial charge in [0, 0.05) is 10.9 Å². The highest BCUT2D eigenvalue weighted by molar-refractivity contribution is 7.21. The zero-order chi connectivity index (χ0) is 14.3. The fourth-order valence-electron chi connectivity index (χ4n) is 2.25. The van der Waals surface area contributed by atoms with Crippen molar-refractivity contribution in [1.82, 2.24) is 4.98 Å². The number of anilines is 1. The maximum Gasteiger partial charge on any atom is 0.260 e. The summed E-state index contributed by atoms with van der Waals surface area (Å²) in [7, 11) is 0. The van der Waals surface area contributed by atoms with Crippen LogP contribution in [0, 0.1) is 6.92 Å². The molecular weight excluding hydrogens is 270 g/mol. The van der Waals surface area contributed by atoms with E-state index in [0.717, 1.165) is 27.0 Å². The zero-order valence-corrected chi connectivity index (χ0v) is 11.7. The van der Waals surface area contributed by atoms with E-state index in [0.29, 0.717) is 10.6 Å². The van der Waals surface area contributed by atoms with Crippen LogP contribution in [0.5, 0.6) is 0 Å². The molecule has 0 spiro atoms. The number of fused-ring (bicyclic) bond motifs is 1. The molecule has 0 saturated heterocycles. The third kappa shape index (κ3) is 1.92. The van der Waals surface area contributed by atoms with Crippen LogP contribution in [-0.2, 0) is 0 Å². The van der Waals surface area contributed by atoms with Gasteiger partial charge in [0.15, 0.2) is 0 Å². The van der Waals surface area contributed by atoms with Gasteiger partial charge in [-0.05, 0) is 18.6 Å². The predicted octanol–water partition coefficient (Wildman–Crippen LogP) is 2.95. The number of primary amides is 1. The van der Waals surface area contributed by atoms with Crippen molar-refractivity contribution in [1.29, 1.82) is 0 Å². The van der Waals surface area contributed by atoms with Gasteiger partial charge >= 0.3 is 0 Å². The summed E-state index contributed by atoms with van der Waals surface area (Å²) >= 11 is 1.24. The van der Waals surface area contributed by atoms with E-state index in [1.165, 1.54) is 11.3 Å². The van der Waals surface area contributed by atoms with Crippen molar-refractivity contribution in [3.8, 4) is 11.3 Å². The molecule has 3 aromatic rings. The molecule has 1 amide bonds. The summed E-state index contributed by atoms with van der Waals surface area (Å²) in [6.07, 6.45) is 0. The molecule has 3 rings (SSSR count). The van der Waals surface area contributed by atoms with Gasteiger partial charge in [0.1, 0.15) is 9.71 Å². The van der Waals surface area contributed by atoms with E-state index in [-0.39, 0.29) is 0 Å². The summed E-state index contributed by atoms with van der Waals surface area (Å²) in [5.74, 6) is -0.508. The lowest BCUT2D eigenvalue weighted by molar-refractivity contribution is 0.100. The topological polar surface area (TPSA) is 82.0 Å². The van der Waals surface area contributed by atoms with E-state index in [9.17, 15) is 4.79 Å². The zero-order valence-electron chi connectivity index (χ0n) is 10.9. The summed E-state index contributed by atoms with van der Waals surface area (Å²) in [5.41, 5.74) is 14.7. The Labute approximate surface area is 120 Å². The SMILES string of the molecule is Cc1cc(-c2ccccc2)nc2sc(C(N)=O)c(N)c12. The van der Waals surface area contributed by atoms with Crippen LogP contribution in [0.15, 0.2) is 36.4 Å². The Kier molecular flexibility index (Phi) is 2.91. The summed E-state index contributed by atoms with van der Waals surface area (Å²) in [5, 5.41) is 0.823. The Bertz CT molecular complexity index is 809. The molecule has 2 heterocycles. The van der Waals surface area contributed by atoms with Gasteiger partial charge in [-0.15, -0.1) is 11.3 Å². The summed E-state index contributed by atoms with van der Waals surface area (Å²) in [4.78, 5) is 17.1. The van der Waals surface area contributed by atoms with Gasteiger partial charge in [-0.2, -0.15) is 0 Å². The maximum absolute atomic E-state index is 11.4. The largest absolute Gasteiger partial charge is 0.397 e. The van der Waals surface area contributed by atoms with E-state index in [1.54, 1.807) is 0 Å². The first kappa shape index (κ1) is 12.6. The lowest BCUT2D eigenvalue weighted by atomic mass is 10.1. The molecule has 0 aliphatic heterocycles. The van der Waals surface area contributed by atoms with E-state index in [1.807, 2.05) is 43.3 Å². The molecule has 0 radical (unpaired) electrons. The number of nitrogens with two attached hydrogens (primary N) is 2. The van der Waals surface area contributed by atoms with Gasteiger partial charge in [-0.3, -0.25) is 4.79 Å². The third-order valence-corrected chi connectivity index (χ3v) is 4.30. The number of aryl methyl sites for hydroxylation is 1. The van der Waals surface area contributed by atoms with Gasteiger partial charge in [-0.1, -0.05) is 30.3 Å². The van der Waals surface area contributed by atoms with Crippen LogP contribution >= 0.6 is 11.3 Å². The molecule has 0 bridgehead atoms. The first-order valence-corrected chi connectivity index (χ1v) is 6.94. The van der Waals surface area contributed by atoms with Crippen LogP contribution in [0.1, 0.15) is 15.2 Å². The number of nitrogens with zero attached hydrogens (tertiary/aromatic N) is 1. The minimum atomic E-state index is -0.508. The van der Waals surface area contributed by atoms with Crippen molar-refractivity contribution >= 4 is 33.1 Å². The van der Waals surface area contributed by atoms with E-state index in [2.05, 4.69) is 4.98 Å². The first-order valence-electron chi connectivity index (χ1n) is 6.12. The number of aromatic nitrogens is 1. The number of amides is 1. The molecule has 20 heavy (non-hydrogen) atoms. The molecule has 5 heteroatoms. The number of hydrogen-bond donors (Lipinski definition) is 2. The highest BCUT2D eigenvalue weighted by atomic mass is 32.1. The van der Waals surface area contributed by atoms with Crippen molar-refractivity contribution in [3.63, 3.8) is 0 Å². The number of rotatable bonds is 2. The van der Waals surface area contributed by atoms with Crippen LogP contribution in [0.25, 0.3) is 21.5 Å². The molecule has 1 aromatic carbocycles. The predicted molar refractivity (Wildman–Crippen MR) is 82.7 cm³/mol. The number of benzene rings is 1. The van der Waals surface area contributed by atoms with E-state index in [4.69, 9.17) is 11.5 Å². The van der Waals surface area contributed by atoms with Crippen LogP contribution in [0.3, 0.4) is 0 Å². The van der Waals surface area contributed by atoms with Crippen LogP contribution < -0.4 is 11.5 Å². The molecule has 0 aliphatic rings. The Morgan fingerprint density at radius 2 is 1.95 bits per heavy atom. The normalized spacial score (nSPS) is 10.8. The Morgan fingerprint density at radius 1 is 1.25 bits per heavy atom. The first-order chi connectivity index (χ1) is 9.58. The quantitative estimate of drug-likeness (QED) is 0.758. The maximum atomic E-state index is 11.4. The molecule has 100 valence electrons. The second-order valence-corrected chi connectivity index (χ2v) is 5.58. The van der Waals surface area contributed by atoms with Crippen LogP contribution in [-0.4, -0.2) is 10.9 Å². The second-order valence-electron chi connectivity index (χ2n) is 4.58. The fourth-order valence-corrected chi connectivity index (χ4v) is 3.27. The van der Waals surface area contributed by atoms with Gasteiger partial charge in [0.25, 0.3) is 5.91 Å². The van der Waals surface area contributed by atoms with Crippen molar-refractivity contribution in [2.45, 2.75) is 6.92 Å². The van der Waals surface area contributed by atoms with E-state index < -0.39 is 5.91 Å².